The number of aromatic amines is 1. The summed E-state index contributed by atoms with van der Waals surface area (Å²) in [7, 11) is 0. The van der Waals surface area contributed by atoms with Crippen molar-refractivity contribution in [2.45, 2.75) is 13.5 Å². The molecule has 2 heterocycles. The molecule has 0 bridgehead atoms. The monoisotopic (exact) mass is 295 g/mol. The van der Waals surface area contributed by atoms with Crippen LogP contribution in [0.25, 0.3) is 11.0 Å². The van der Waals surface area contributed by atoms with Gasteiger partial charge in [0.15, 0.2) is 4.77 Å². The number of aryl methyl sites for hydroxylation is 1. The van der Waals surface area contributed by atoms with E-state index in [1.54, 1.807) is 11.3 Å². The molecule has 0 aliphatic heterocycles. The Morgan fingerprint density at radius 2 is 2.33 bits per heavy atom. The lowest BCUT2D eigenvalue weighted by Gasteiger charge is -2.04. The highest BCUT2D eigenvalue weighted by Gasteiger charge is 2.10. The fraction of sp³-hybridized carbons (Fsp3) is 0.167. The Labute approximate surface area is 118 Å². The molecule has 0 radical (unpaired) electrons. The van der Waals surface area contributed by atoms with E-state index in [1.165, 1.54) is 4.88 Å². The van der Waals surface area contributed by atoms with Gasteiger partial charge in [-0.1, -0.05) is 17.7 Å². The average molecular weight is 296 g/mol. The molecule has 0 amide bonds. The number of aromatic nitrogens is 3. The van der Waals surface area contributed by atoms with Crippen LogP contribution in [-0.2, 0) is 6.54 Å². The Kier molecular flexibility index (Phi) is 2.97. The van der Waals surface area contributed by atoms with Crippen molar-refractivity contribution in [3.05, 3.63) is 44.1 Å². The maximum atomic E-state index is 6.26. The third kappa shape index (κ3) is 1.88. The van der Waals surface area contributed by atoms with E-state index in [2.05, 4.69) is 9.97 Å². The predicted molar refractivity (Wildman–Crippen MR) is 78.1 cm³/mol. The third-order valence-electron chi connectivity index (χ3n) is 2.89. The van der Waals surface area contributed by atoms with Gasteiger partial charge in [-0.15, -0.1) is 11.3 Å². The number of imidazole rings is 1. The van der Waals surface area contributed by atoms with Crippen LogP contribution < -0.4 is 0 Å². The Bertz CT molecular complexity index is 769. The molecule has 2 aromatic heterocycles. The van der Waals surface area contributed by atoms with Gasteiger partial charge in [-0.25, -0.2) is 4.98 Å². The zero-order chi connectivity index (χ0) is 12.7. The number of halogens is 1. The molecule has 3 rings (SSSR count). The van der Waals surface area contributed by atoms with Crippen molar-refractivity contribution >= 4 is 46.2 Å². The van der Waals surface area contributed by atoms with Crippen LogP contribution in [0, 0.1) is 11.7 Å². The number of nitrogens with zero attached hydrogens (tertiary/aromatic N) is 2. The fourth-order valence-corrected chi connectivity index (χ4v) is 3.25. The van der Waals surface area contributed by atoms with Gasteiger partial charge in [0.25, 0.3) is 0 Å². The van der Waals surface area contributed by atoms with Crippen molar-refractivity contribution < 1.29 is 0 Å². The van der Waals surface area contributed by atoms with Crippen LogP contribution in [0.3, 0.4) is 0 Å². The number of rotatable bonds is 2. The minimum atomic E-state index is 0.686. The molecule has 0 saturated heterocycles. The molecule has 0 atom stereocenters. The molecule has 0 unspecified atom stereocenters. The maximum Gasteiger partial charge on any atom is 0.178 e. The lowest BCUT2D eigenvalue weighted by molar-refractivity contribution is 0.815. The fourth-order valence-electron chi connectivity index (χ4n) is 1.95. The largest absolute Gasteiger partial charge is 0.331 e. The van der Waals surface area contributed by atoms with Gasteiger partial charge < -0.3 is 9.55 Å². The molecule has 0 saturated carbocycles. The van der Waals surface area contributed by atoms with Crippen molar-refractivity contribution in [2.75, 3.05) is 0 Å². The topological polar surface area (TPSA) is 33.6 Å². The Balaban J connectivity index is 2.20. The second kappa shape index (κ2) is 4.50. The van der Waals surface area contributed by atoms with E-state index in [-0.39, 0.29) is 0 Å². The lowest BCUT2D eigenvalue weighted by Crippen LogP contribution is -1.99. The Hall–Kier alpha value is -1.17. The van der Waals surface area contributed by atoms with Crippen LogP contribution in [0.1, 0.15) is 10.6 Å². The summed E-state index contributed by atoms with van der Waals surface area (Å²) < 4.78 is 2.71. The first-order chi connectivity index (χ1) is 8.66. The van der Waals surface area contributed by atoms with E-state index in [9.17, 15) is 0 Å². The zero-order valence-corrected chi connectivity index (χ0v) is 12.0. The first-order valence-corrected chi connectivity index (χ1v) is 7.09. The van der Waals surface area contributed by atoms with Gasteiger partial charge in [-0.05, 0) is 31.3 Å². The smallest absolute Gasteiger partial charge is 0.178 e. The molecule has 1 N–H and O–H groups in total. The number of benzene rings is 1. The standard InChI is InChI=1S/C12H10ClN3S2/c1-7-10(18-6-14-7)5-16-11-8(13)3-2-4-9(11)15-12(16)17/h2-4,6H,5H2,1H3,(H,15,17). The SMILES string of the molecule is Cc1ncsc1Cn1c(=S)[nH]c2cccc(Cl)c21. The molecule has 1 aromatic carbocycles. The van der Waals surface area contributed by atoms with Crippen molar-refractivity contribution in [1.82, 2.24) is 14.5 Å². The summed E-state index contributed by atoms with van der Waals surface area (Å²) in [4.78, 5) is 8.64. The van der Waals surface area contributed by atoms with E-state index in [4.69, 9.17) is 23.8 Å². The summed E-state index contributed by atoms with van der Waals surface area (Å²) in [5.74, 6) is 0. The first kappa shape index (κ1) is 11.9. The third-order valence-corrected chi connectivity index (χ3v) is 4.44. The number of nitrogens with one attached hydrogen (secondary N) is 1. The van der Waals surface area contributed by atoms with Crippen LogP contribution in [0.4, 0.5) is 0 Å². The van der Waals surface area contributed by atoms with Crippen molar-refractivity contribution in [1.29, 1.82) is 0 Å². The molecule has 0 spiro atoms. The number of H-pyrrole nitrogens is 1. The van der Waals surface area contributed by atoms with E-state index in [1.807, 2.05) is 35.2 Å². The van der Waals surface area contributed by atoms with Gasteiger partial charge >= 0.3 is 0 Å². The van der Waals surface area contributed by atoms with Gasteiger partial charge in [-0.3, -0.25) is 0 Å². The van der Waals surface area contributed by atoms with Crippen molar-refractivity contribution in [3.63, 3.8) is 0 Å². The van der Waals surface area contributed by atoms with Crippen LogP contribution in [-0.4, -0.2) is 14.5 Å². The molecule has 3 aromatic rings. The highest BCUT2D eigenvalue weighted by atomic mass is 35.5. The van der Waals surface area contributed by atoms with E-state index in [0.29, 0.717) is 16.3 Å². The van der Waals surface area contributed by atoms with Gasteiger partial charge in [-0.2, -0.15) is 0 Å². The normalized spacial score (nSPS) is 11.2. The highest BCUT2D eigenvalue weighted by molar-refractivity contribution is 7.71. The summed E-state index contributed by atoms with van der Waals surface area (Å²) in [5.41, 5.74) is 4.82. The molecule has 3 nitrogen and oxygen atoms in total. The summed E-state index contributed by atoms with van der Waals surface area (Å²) in [6.45, 7) is 2.71. The predicted octanol–water partition coefficient (Wildman–Crippen LogP) is 4.17. The number of thiazole rings is 1. The Morgan fingerprint density at radius 3 is 3.06 bits per heavy atom. The van der Waals surface area contributed by atoms with E-state index in [0.717, 1.165) is 16.7 Å². The summed E-state index contributed by atoms with van der Waals surface area (Å²) in [6.07, 6.45) is 0. The second-order valence-corrected chi connectivity index (χ2v) is 5.75. The van der Waals surface area contributed by atoms with E-state index >= 15 is 0 Å². The molecule has 0 fully saturated rings. The number of fused-ring (bicyclic) bond motifs is 1. The quantitative estimate of drug-likeness (QED) is 0.720. The molecule has 92 valence electrons. The summed E-state index contributed by atoms with van der Waals surface area (Å²) in [5, 5.41) is 0.710. The van der Waals surface area contributed by atoms with E-state index < -0.39 is 0 Å². The van der Waals surface area contributed by atoms with Gasteiger partial charge in [0.1, 0.15) is 0 Å². The van der Waals surface area contributed by atoms with Crippen LogP contribution >= 0.6 is 35.2 Å². The number of para-hydroxylation sites is 1. The molecule has 6 heteroatoms. The number of hydrogen-bond donors (Lipinski definition) is 1. The lowest BCUT2D eigenvalue weighted by atomic mass is 10.3. The zero-order valence-electron chi connectivity index (χ0n) is 9.61. The molecule has 18 heavy (non-hydrogen) atoms. The minimum Gasteiger partial charge on any atom is -0.331 e. The van der Waals surface area contributed by atoms with Gasteiger partial charge in [0.05, 0.1) is 33.8 Å². The average Bonchev–Trinajstić information content (AvgIpc) is 2.86. The van der Waals surface area contributed by atoms with Crippen LogP contribution in [0.15, 0.2) is 23.7 Å². The molecule has 0 aliphatic carbocycles. The maximum absolute atomic E-state index is 6.26. The second-order valence-electron chi connectivity index (χ2n) is 4.01. The summed E-state index contributed by atoms with van der Waals surface area (Å²) in [6, 6.07) is 5.77. The van der Waals surface area contributed by atoms with Crippen LogP contribution in [0.2, 0.25) is 5.02 Å². The van der Waals surface area contributed by atoms with Gasteiger partial charge in [0.2, 0.25) is 0 Å². The highest BCUT2D eigenvalue weighted by Crippen LogP contribution is 2.25. The van der Waals surface area contributed by atoms with Gasteiger partial charge in [0, 0.05) is 4.88 Å². The van der Waals surface area contributed by atoms with Crippen molar-refractivity contribution in [3.8, 4) is 0 Å². The molecule has 0 aliphatic rings. The Morgan fingerprint density at radius 1 is 1.50 bits per heavy atom. The number of hydrogen-bond acceptors (Lipinski definition) is 3. The summed E-state index contributed by atoms with van der Waals surface area (Å²) >= 11 is 13.3. The first-order valence-electron chi connectivity index (χ1n) is 5.43. The molecular formula is C12H10ClN3S2. The van der Waals surface area contributed by atoms with Crippen LogP contribution in [0.5, 0.6) is 0 Å². The van der Waals surface area contributed by atoms with Crippen molar-refractivity contribution in [2.24, 2.45) is 0 Å². The molecular weight excluding hydrogens is 286 g/mol. The minimum absolute atomic E-state index is 0.686.